The maximum atomic E-state index is 13.8. The van der Waals surface area contributed by atoms with Crippen LogP contribution in [-0.2, 0) is 6.42 Å². The van der Waals surface area contributed by atoms with Crippen molar-refractivity contribution >= 4 is 22.9 Å². The van der Waals surface area contributed by atoms with Crippen LogP contribution in [0.3, 0.4) is 0 Å². The summed E-state index contributed by atoms with van der Waals surface area (Å²) in [4.78, 5) is 19.7. The van der Waals surface area contributed by atoms with Gasteiger partial charge < -0.3 is 0 Å². The van der Waals surface area contributed by atoms with Gasteiger partial charge in [-0.15, -0.1) is 11.3 Å². The number of hydrogen-bond donors (Lipinski definition) is 1. The van der Waals surface area contributed by atoms with Gasteiger partial charge in [0.25, 0.3) is 5.91 Å². The van der Waals surface area contributed by atoms with Gasteiger partial charge in [-0.3, -0.25) is 19.8 Å². The molecule has 1 unspecified atom stereocenters. The Balaban J connectivity index is 1.91. The maximum Gasteiger partial charge on any atom is 0.280 e. The minimum absolute atomic E-state index is 0.226. The van der Waals surface area contributed by atoms with Crippen molar-refractivity contribution in [1.29, 1.82) is 0 Å². The van der Waals surface area contributed by atoms with Crippen molar-refractivity contribution < 1.29 is 9.18 Å². The Labute approximate surface area is 154 Å². The zero-order valence-electron chi connectivity index (χ0n) is 14.8. The number of hydrogen-bond acceptors (Lipinski definition) is 4. The predicted molar refractivity (Wildman–Crippen MR) is 99.0 cm³/mol. The summed E-state index contributed by atoms with van der Waals surface area (Å²) in [7, 11) is 0. The number of carbonyl (C=O) groups is 1. The number of fused-ring (bicyclic) bond motifs is 1. The average Bonchev–Trinajstić information content (AvgIpc) is 3.24. The molecule has 4 heterocycles. The van der Waals surface area contributed by atoms with Crippen LogP contribution in [0.2, 0.25) is 0 Å². The number of anilines is 1. The molecule has 1 N–H and O–H groups in total. The Morgan fingerprint density at radius 2 is 2.19 bits per heavy atom. The van der Waals surface area contributed by atoms with Crippen molar-refractivity contribution in [2.75, 3.05) is 4.90 Å². The monoisotopic (exact) mass is 370 g/mol. The molecule has 0 saturated heterocycles. The van der Waals surface area contributed by atoms with Crippen molar-refractivity contribution in [2.24, 2.45) is 5.92 Å². The zero-order valence-corrected chi connectivity index (χ0v) is 15.6. The molecule has 1 aliphatic rings. The van der Waals surface area contributed by atoms with Gasteiger partial charge in [-0.05, 0) is 36.3 Å². The van der Waals surface area contributed by atoms with Crippen molar-refractivity contribution in [3.63, 3.8) is 0 Å². The van der Waals surface area contributed by atoms with E-state index in [1.54, 1.807) is 16.2 Å². The maximum absolute atomic E-state index is 13.8. The van der Waals surface area contributed by atoms with E-state index in [9.17, 15) is 9.18 Å². The molecular formula is C19H19FN4OS. The Bertz CT molecular complexity index is 978. The van der Waals surface area contributed by atoms with E-state index in [0.717, 1.165) is 34.3 Å². The number of aromatic amines is 1. The molecule has 3 aromatic heterocycles. The second kappa shape index (κ2) is 6.32. The van der Waals surface area contributed by atoms with E-state index in [2.05, 4.69) is 29.0 Å². The SMILES string of the molecule is Cc1ccsc1C1c2c(n[nH]c2CC(C)C)C(=O)N1c1cncc(F)c1. The lowest BCUT2D eigenvalue weighted by Gasteiger charge is -2.26. The second-order valence-corrected chi connectivity index (χ2v) is 7.92. The molecule has 0 aliphatic carbocycles. The van der Waals surface area contributed by atoms with E-state index in [-0.39, 0.29) is 11.9 Å². The van der Waals surface area contributed by atoms with Crippen molar-refractivity contribution in [3.05, 3.63) is 63.1 Å². The Morgan fingerprint density at radius 1 is 1.38 bits per heavy atom. The first-order valence-electron chi connectivity index (χ1n) is 8.52. The zero-order chi connectivity index (χ0) is 18.4. The van der Waals surface area contributed by atoms with E-state index in [1.807, 2.05) is 18.4 Å². The number of aryl methyl sites for hydroxylation is 1. The van der Waals surface area contributed by atoms with E-state index in [4.69, 9.17) is 0 Å². The standard InChI is InChI=1S/C19H19FN4OS/c1-10(2)6-14-15-16(23-22-14)19(25)24(13-7-12(20)8-21-9-13)17(15)18-11(3)4-5-26-18/h4-5,7-10,17H,6H2,1-3H3,(H,22,23). The van der Waals surface area contributed by atoms with Gasteiger partial charge in [-0.25, -0.2) is 4.39 Å². The lowest BCUT2D eigenvalue weighted by molar-refractivity contribution is 0.0989. The number of aromatic nitrogens is 3. The normalized spacial score (nSPS) is 16.6. The fourth-order valence-corrected chi connectivity index (χ4v) is 4.51. The molecule has 1 amide bonds. The summed E-state index contributed by atoms with van der Waals surface area (Å²) in [6.45, 7) is 6.28. The molecule has 0 fully saturated rings. The second-order valence-electron chi connectivity index (χ2n) is 6.97. The van der Waals surface area contributed by atoms with E-state index in [1.165, 1.54) is 12.3 Å². The van der Waals surface area contributed by atoms with Crippen molar-refractivity contribution in [1.82, 2.24) is 15.2 Å². The van der Waals surface area contributed by atoms with Gasteiger partial charge in [0.05, 0.1) is 18.1 Å². The number of carbonyl (C=O) groups excluding carboxylic acids is 1. The molecule has 0 spiro atoms. The number of thiophene rings is 1. The largest absolute Gasteiger partial charge is 0.293 e. The molecule has 5 nitrogen and oxygen atoms in total. The predicted octanol–water partition coefficient (Wildman–Crippen LogP) is 4.26. The summed E-state index contributed by atoms with van der Waals surface area (Å²) < 4.78 is 13.8. The molecule has 7 heteroatoms. The molecule has 1 atom stereocenters. The van der Waals surface area contributed by atoms with Crippen molar-refractivity contribution in [3.8, 4) is 0 Å². The van der Waals surface area contributed by atoms with Crippen LogP contribution in [-0.4, -0.2) is 21.1 Å². The fraction of sp³-hybridized carbons (Fsp3) is 0.316. The summed E-state index contributed by atoms with van der Waals surface area (Å²) in [6, 6.07) is 3.07. The molecule has 134 valence electrons. The number of pyridine rings is 1. The number of amides is 1. The minimum atomic E-state index is -0.467. The third kappa shape index (κ3) is 2.63. The summed E-state index contributed by atoms with van der Waals surface area (Å²) in [6.07, 6.45) is 3.46. The quantitative estimate of drug-likeness (QED) is 0.746. The van der Waals surface area contributed by atoms with Gasteiger partial charge >= 0.3 is 0 Å². The minimum Gasteiger partial charge on any atom is -0.293 e. The highest BCUT2D eigenvalue weighted by molar-refractivity contribution is 7.10. The molecular weight excluding hydrogens is 351 g/mol. The third-order valence-electron chi connectivity index (χ3n) is 4.57. The number of nitrogens with one attached hydrogen (secondary N) is 1. The molecule has 0 bridgehead atoms. The molecule has 3 aromatic rings. The first-order chi connectivity index (χ1) is 12.5. The van der Waals surface area contributed by atoms with Gasteiger partial charge in [-0.2, -0.15) is 5.10 Å². The van der Waals surface area contributed by atoms with Gasteiger partial charge in [0.2, 0.25) is 0 Å². The lowest BCUT2D eigenvalue weighted by atomic mass is 9.98. The summed E-state index contributed by atoms with van der Waals surface area (Å²) in [5.41, 5.74) is 3.84. The van der Waals surface area contributed by atoms with Crippen LogP contribution in [0, 0.1) is 18.7 Å². The highest BCUT2D eigenvalue weighted by atomic mass is 32.1. The number of nitrogens with zero attached hydrogens (tertiary/aromatic N) is 3. The molecule has 4 rings (SSSR count). The molecule has 26 heavy (non-hydrogen) atoms. The highest BCUT2D eigenvalue weighted by Crippen LogP contribution is 2.45. The first kappa shape index (κ1) is 16.9. The van der Waals surface area contributed by atoms with Crippen molar-refractivity contribution in [2.45, 2.75) is 33.2 Å². The molecule has 0 aromatic carbocycles. The van der Waals surface area contributed by atoms with Crippen LogP contribution < -0.4 is 4.90 Å². The van der Waals surface area contributed by atoms with Gasteiger partial charge in [-0.1, -0.05) is 13.8 Å². The van der Waals surface area contributed by atoms with Crippen LogP contribution in [0.25, 0.3) is 0 Å². The Morgan fingerprint density at radius 3 is 2.85 bits per heavy atom. The van der Waals surface area contributed by atoms with Gasteiger partial charge in [0.15, 0.2) is 5.69 Å². The van der Waals surface area contributed by atoms with E-state index < -0.39 is 5.82 Å². The molecule has 0 radical (unpaired) electrons. The van der Waals surface area contributed by atoms with Crippen LogP contribution in [0.15, 0.2) is 29.9 Å². The summed E-state index contributed by atoms with van der Waals surface area (Å²) >= 11 is 1.60. The summed E-state index contributed by atoms with van der Waals surface area (Å²) in [5, 5.41) is 9.35. The first-order valence-corrected chi connectivity index (χ1v) is 9.40. The van der Waals surface area contributed by atoms with Gasteiger partial charge in [0.1, 0.15) is 11.9 Å². The van der Waals surface area contributed by atoms with Crippen LogP contribution in [0.5, 0.6) is 0 Å². The fourth-order valence-electron chi connectivity index (χ4n) is 3.48. The smallest absolute Gasteiger partial charge is 0.280 e. The highest BCUT2D eigenvalue weighted by Gasteiger charge is 2.44. The van der Waals surface area contributed by atoms with Crippen LogP contribution in [0.4, 0.5) is 10.1 Å². The van der Waals surface area contributed by atoms with Crippen LogP contribution in [0.1, 0.15) is 52.1 Å². The van der Waals surface area contributed by atoms with E-state index >= 15 is 0 Å². The van der Waals surface area contributed by atoms with E-state index in [0.29, 0.717) is 17.3 Å². The average molecular weight is 370 g/mol. The Hall–Kier alpha value is -2.54. The van der Waals surface area contributed by atoms with Crippen LogP contribution >= 0.6 is 11.3 Å². The lowest BCUT2D eigenvalue weighted by Crippen LogP contribution is -2.29. The molecule has 0 saturated carbocycles. The number of halogens is 1. The third-order valence-corrected chi connectivity index (χ3v) is 5.64. The van der Waals surface area contributed by atoms with Gasteiger partial charge in [0, 0.05) is 22.2 Å². The molecule has 1 aliphatic heterocycles. The number of H-pyrrole nitrogens is 1. The summed E-state index contributed by atoms with van der Waals surface area (Å²) in [5.74, 6) is -0.272. The Kier molecular flexibility index (Phi) is 4.11. The topological polar surface area (TPSA) is 61.9 Å². The number of rotatable bonds is 4.